The van der Waals surface area contributed by atoms with E-state index in [2.05, 4.69) is 66.8 Å². The highest BCUT2D eigenvalue weighted by Crippen LogP contribution is 2.41. The molecule has 12 aromatic rings. The van der Waals surface area contributed by atoms with Crippen LogP contribution in [0.25, 0.3) is 50.8 Å². The lowest BCUT2D eigenvalue weighted by Gasteiger charge is -2.21. The molecular formula is C94H108N20O12. The summed E-state index contributed by atoms with van der Waals surface area (Å²) in [5.74, 6) is 1.43. The highest BCUT2D eigenvalue weighted by Gasteiger charge is 2.41. The van der Waals surface area contributed by atoms with Gasteiger partial charge in [0.2, 0.25) is 5.88 Å². The summed E-state index contributed by atoms with van der Waals surface area (Å²) >= 11 is 0. The van der Waals surface area contributed by atoms with Crippen molar-refractivity contribution in [3.63, 3.8) is 0 Å². The molecule has 3 fully saturated rings. The van der Waals surface area contributed by atoms with Crippen LogP contribution in [0.2, 0.25) is 0 Å². The molecule has 15 rings (SSSR count). The molecule has 3 saturated heterocycles. The second-order valence-corrected chi connectivity index (χ2v) is 31.2. The zero-order chi connectivity index (χ0) is 89.1. The molecule has 126 heavy (non-hydrogen) atoms. The summed E-state index contributed by atoms with van der Waals surface area (Å²) < 4.78 is 39.1. The molecule has 3 aliphatic rings. The summed E-state index contributed by atoms with van der Waals surface area (Å²) in [6.45, 7) is 18.2. The Labute approximate surface area is 732 Å². The van der Waals surface area contributed by atoms with Gasteiger partial charge in [0.05, 0.1) is 72.2 Å². The van der Waals surface area contributed by atoms with E-state index in [-0.39, 0.29) is 90.0 Å². The molecule has 32 nitrogen and oxygen atoms in total. The first-order valence-electron chi connectivity index (χ1n) is 41.9. The Bertz CT molecular complexity index is 5760. The number of anilines is 2. The van der Waals surface area contributed by atoms with Crippen molar-refractivity contribution in [1.82, 2.24) is 90.6 Å². The zero-order valence-corrected chi connectivity index (χ0v) is 73.4. The number of aromatic nitrogens is 13. The van der Waals surface area contributed by atoms with Crippen molar-refractivity contribution in [2.24, 2.45) is 5.92 Å². The molecule has 1 unspecified atom stereocenters. The molecule has 0 saturated carbocycles. The van der Waals surface area contributed by atoms with Gasteiger partial charge in [-0.2, -0.15) is 20.4 Å². The number of hydrogen-bond acceptors (Lipinski definition) is 23. The number of aryl methyl sites for hydroxylation is 5. The van der Waals surface area contributed by atoms with E-state index in [0.29, 0.717) is 104 Å². The fourth-order valence-electron chi connectivity index (χ4n) is 15.9. The Morgan fingerprint density at radius 2 is 0.921 bits per heavy atom. The fraction of sp³-hybridized carbons (Fsp3) is 0.351. The fourth-order valence-corrected chi connectivity index (χ4v) is 15.9. The Hall–Kier alpha value is -13.2. The number of nitrogens with zero attached hydrogens (tertiary/aromatic N) is 14. The Kier molecular flexibility index (Phi) is 30.5. The number of carbonyl (C=O) groups excluding carboxylic acids is 5. The molecular weight excluding hydrogens is 1600 g/mol. The van der Waals surface area contributed by atoms with Crippen LogP contribution >= 0.6 is 0 Å². The van der Waals surface area contributed by atoms with Crippen LogP contribution in [0, 0.1) is 61.3 Å². The van der Waals surface area contributed by atoms with Gasteiger partial charge in [-0.1, -0.05) is 54.6 Å². The van der Waals surface area contributed by atoms with E-state index in [1.807, 2.05) is 199 Å². The lowest BCUT2D eigenvalue weighted by Crippen LogP contribution is -2.40. The second kappa shape index (κ2) is 42.4. The molecule has 0 spiro atoms. The lowest BCUT2D eigenvalue weighted by molar-refractivity contribution is -0.155. The zero-order valence-electron chi connectivity index (χ0n) is 73.4. The van der Waals surface area contributed by atoms with Gasteiger partial charge in [-0.25, -0.2) is 38.6 Å². The third-order valence-corrected chi connectivity index (χ3v) is 22.2. The van der Waals surface area contributed by atoms with Gasteiger partial charge in [-0.05, 0) is 194 Å². The van der Waals surface area contributed by atoms with E-state index in [0.717, 1.165) is 96.5 Å². The lowest BCUT2D eigenvalue weighted by atomic mass is 9.90. The molecule has 6 amide bonds. The van der Waals surface area contributed by atoms with Gasteiger partial charge >= 0.3 is 12.1 Å². The first-order valence-corrected chi connectivity index (χ1v) is 41.9. The van der Waals surface area contributed by atoms with Crippen LogP contribution in [0.4, 0.5) is 21.2 Å². The molecule has 6 N–H and O–H groups in total. The number of hydroxylamine groups is 2. The van der Waals surface area contributed by atoms with Gasteiger partial charge in [0.1, 0.15) is 58.5 Å². The number of ether oxygens (including phenoxy) is 6. The number of benzene rings is 3. The van der Waals surface area contributed by atoms with Crippen LogP contribution in [0.1, 0.15) is 139 Å². The molecule has 32 heteroatoms. The maximum absolute atomic E-state index is 13.8. The third kappa shape index (κ3) is 21.9. The predicted molar refractivity (Wildman–Crippen MR) is 476 cm³/mol. The number of rotatable bonds is 29. The summed E-state index contributed by atoms with van der Waals surface area (Å²) in [4.78, 5) is 102. The van der Waals surface area contributed by atoms with Gasteiger partial charge < -0.3 is 49.7 Å². The Morgan fingerprint density at radius 1 is 0.476 bits per heavy atom. The number of carbonyl (C=O) groups is 5. The largest absolute Gasteiger partial charge is 0.480 e. The monoisotopic (exact) mass is 1710 g/mol. The highest BCUT2D eigenvalue weighted by molar-refractivity contribution is 5.98. The smallest absolute Gasteiger partial charge is 0.320 e. The average Bonchev–Trinajstić information content (AvgIpc) is 1.62. The molecule has 3 aliphatic heterocycles. The molecule has 9 aromatic heterocycles. The molecule has 656 valence electrons. The molecule has 8 atom stereocenters. The summed E-state index contributed by atoms with van der Waals surface area (Å²) in [6.07, 6.45) is 14.4. The second-order valence-electron chi connectivity index (χ2n) is 31.2. The van der Waals surface area contributed by atoms with Crippen LogP contribution in [0.15, 0.2) is 183 Å². The van der Waals surface area contributed by atoms with Crippen LogP contribution < -0.4 is 36.6 Å². The summed E-state index contributed by atoms with van der Waals surface area (Å²) in [7, 11) is 9.59. The van der Waals surface area contributed by atoms with Crippen LogP contribution in [-0.4, -0.2) is 199 Å². The number of amides is 6. The van der Waals surface area contributed by atoms with Gasteiger partial charge in [-0.15, -0.1) is 0 Å². The molecule has 3 aromatic carbocycles. The van der Waals surface area contributed by atoms with Gasteiger partial charge in [0.25, 0.3) is 11.8 Å². The average molecular weight is 1710 g/mol. The van der Waals surface area contributed by atoms with Crippen molar-refractivity contribution < 1.29 is 57.2 Å². The van der Waals surface area contributed by atoms with Crippen LogP contribution in [0.5, 0.6) is 5.88 Å². The predicted octanol–water partition coefficient (Wildman–Crippen LogP) is 13.4. The minimum Gasteiger partial charge on any atom is -0.480 e. The Balaban J connectivity index is 0.000000162. The van der Waals surface area contributed by atoms with Crippen molar-refractivity contribution in [3.8, 4) is 56.7 Å². The maximum atomic E-state index is 13.8. The van der Waals surface area contributed by atoms with E-state index in [1.54, 1.807) is 94.2 Å². The summed E-state index contributed by atoms with van der Waals surface area (Å²) in [5.41, 5.74) is 16.8. The van der Waals surface area contributed by atoms with E-state index < -0.39 is 6.03 Å². The number of hydrogen-bond donors (Lipinski definition) is 6. The first kappa shape index (κ1) is 90.5. The number of Topliss-reactive ketones (excluding diaryl/α,β-unsaturated/α-hetero) is 1. The van der Waals surface area contributed by atoms with Crippen molar-refractivity contribution in [2.45, 2.75) is 137 Å². The van der Waals surface area contributed by atoms with Crippen LogP contribution in [0.3, 0.4) is 0 Å². The number of para-hydroxylation sites is 3. The molecule has 0 radical (unpaired) electrons. The third-order valence-electron chi connectivity index (χ3n) is 22.2. The number of methoxy groups -OCH3 is 4. The normalized spacial score (nSPS) is 17.7. The summed E-state index contributed by atoms with van der Waals surface area (Å²) in [6, 6.07) is 43.2. The van der Waals surface area contributed by atoms with Crippen molar-refractivity contribution in [2.75, 3.05) is 86.1 Å². The standard InChI is InChI=1S/C33H38N6O4.C32H37N7O5.C29H33N7O3/c1-21-15-25(19-36-30(21)33(41)34-4)31-23(3)29(39(37-31)27-9-7-6-8-10-27)18-28(40)17-26-20-38(13-14-42-5)43-32(26)24-11-12-35-22(2)16-24;1-19-15-21(11-13-34-19)28-26(17-24(44-28)12-14-42-4)36-32(41)37-29-20(2)27(38-39(29)23-9-7-6-8-10-23)22-16-25(30(40)33-3)31(43-5)35-18-22;1-18-14-21(10-12-30-18)27-25(15-24(39-27)11-13-38-4)33-29(37)34-28-19(2)26(22-16-31-20(3)32-17-22)35-36(28)23-8-6-5-7-9-23/h6-12,15-16,19,26,32H,13-14,17-18,20H2,1-5H3,(H,34,41);6-11,13,15-16,18,24,26,28H,12,14,17H2,1-5H3,(H,33,40)(H2,36,37,41);5-10,12,14,16-17,24-25,27H,11,13,15H2,1-4H3,(H2,33,34,37)/t26?,32-;24-,26-,28+;24-,25-,27+/m011/s1. The molecule has 0 aliphatic carbocycles. The van der Waals surface area contributed by atoms with E-state index >= 15 is 0 Å². The van der Waals surface area contributed by atoms with Gasteiger partial charge in [0, 0.05) is 169 Å². The van der Waals surface area contributed by atoms with Gasteiger partial charge in [-0.3, -0.25) is 49.8 Å². The minimum atomic E-state index is -0.396. The SMILES string of the molecule is CNC(=O)c1cc(-c2nn(-c3ccccc3)c(NC(=O)N[C@@H]3C[C@@H](CCOC)O[C@H]3c3ccnc(C)c3)c2C)cnc1OC.CNC(=O)c1ncc(-c2nn(-c3ccccc3)c(CC(=O)CC3CN(CCOC)O[C@H]3c3ccnc(C)c3)c2C)cc1C.COCC[C@@H]1C[C@@H](NC(=O)Nc2c(C)c(-c3cnc(C)nc3)nn2-c2ccccc2)[C@H](c2ccnc(C)c2)O1. The summed E-state index contributed by atoms with van der Waals surface area (Å²) in [5, 5.41) is 34.2. The quantitative estimate of drug-likeness (QED) is 0.0254. The van der Waals surface area contributed by atoms with E-state index in [4.69, 9.17) is 48.6 Å². The van der Waals surface area contributed by atoms with Gasteiger partial charge in [0.15, 0.2) is 0 Å². The molecule has 0 bridgehead atoms. The van der Waals surface area contributed by atoms with Crippen molar-refractivity contribution in [1.29, 1.82) is 0 Å². The van der Waals surface area contributed by atoms with Crippen molar-refractivity contribution in [3.05, 3.63) is 262 Å². The van der Waals surface area contributed by atoms with Crippen molar-refractivity contribution >= 4 is 41.3 Å². The highest BCUT2D eigenvalue weighted by atomic mass is 16.7. The van der Waals surface area contributed by atoms with E-state index in [1.165, 1.54) is 7.11 Å². The van der Waals surface area contributed by atoms with Crippen LogP contribution in [-0.2, 0) is 39.7 Å². The molecule has 12 heterocycles. The maximum Gasteiger partial charge on any atom is 0.320 e. The number of nitrogens with one attached hydrogen (secondary N) is 6. The minimum absolute atomic E-state index is 0.0249. The number of urea groups is 2. The van der Waals surface area contributed by atoms with E-state index in [9.17, 15) is 24.0 Å². The number of ketones is 1. The Morgan fingerprint density at radius 3 is 1.39 bits per heavy atom. The topological polar surface area (TPSA) is 369 Å². The first-order chi connectivity index (χ1) is 61.0. The number of pyridine rings is 5.